The average molecular weight is 162 g/mol. The molecule has 60 valence electrons. The molecule has 0 radical (unpaired) electrons. The molecule has 12 heavy (non-hydrogen) atoms. The highest BCUT2D eigenvalue weighted by Crippen LogP contribution is 2.08. The molecule has 6 heteroatoms. The molecule has 6 nitrogen and oxygen atoms in total. The third-order valence-corrected chi connectivity index (χ3v) is 1.33. The molecule has 2 rings (SSSR count). The Morgan fingerprint density at radius 2 is 2.33 bits per heavy atom. The highest BCUT2D eigenvalue weighted by molar-refractivity contribution is 5.48. The number of nitrogens with one attached hydrogen (secondary N) is 1. The van der Waals surface area contributed by atoms with Gasteiger partial charge < -0.3 is 5.73 Å². The zero-order chi connectivity index (χ0) is 8.39. The van der Waals surface area contributed by atoms with Crippen LogP contribution in [0.15, 0.2) is 18.6 Å². The molecule has 0 bridgehead atoms. The topological polar surface area (TPSA) is 93.4 Å². The predicted molar refractivity (Wildman–Crippen MR) is 41.8 cm³/mol. The van der Waals surface area contributed by atoms with Crippen molar-refractivity contribution in [2.45, 2.75) is 0 Å². The standard InChI is InChI=1S/C6H6N6/c7-6-10-5(11-12-6)4-1-2-8-3-9-4/h1-3H,(H3,7,10,11,12). The summed E-state index contributed by atoms with van der Waals surface area (Å²) >= 11 is 0. The van der Waals surface area contributed by atoms with Gasteiger partial charge in [0.25, 0.3) is 0 Å². The van der Waals surface area contributed by atoms with E-state index >= 15 is 0 Å². The first-order valence-electron chi connectivity index (χ1n) is 3.30. The van der Waals surface area contributed by atoms with E-state index in [2.05, 4.69) is 25.1 Å². The number of aromatic nitrogens is 5. The van der Waals surface area contributed by atoms with E-state index in [1.165, 1.54) is 6.33 Å². The maximum Gasteiger partial charge on any atom is 0.239 e. The van der Waals surface area contributed by atoms with Gasteiger partial charge in [0.15, 0.2) is 5.82 Å². The molecule has 0 unspecified atom stereocenters. The molecule has 3 N–H and O–H groups in total. The number of H-pyrrole nitrogens is 1. The Balaban J connectivity index is 2.45. The predicted octanol–water partition coefficient (Wildman–Crippen LogP) is -0.156. The first-order valence-corrected chi connectivity index (χ1v) is 3.30. The van der Waals surface area contributed by atoms with Gasteiger partial charge in [-0.1, -0.05) is 0 Å². The van der Waals surface area contributed by atoms with Gasteiger partial charge in [0.1, 0.15) is 12.0 Å². The van der Waals surface area contributed by atoms with E-state index in [-0.39, 0.29) is 5.95 Å². The van der Waals surface area contributed by atoms with Crippen molar-refractivity contribution >= 4 is 5.95 Å². The van der Waals surface area contributed by atoms with Crippen molar-refractivity contribution in [2.24, 2.45) is 0 Å². The van der Waals surface area contributed by atoms with Gasteiger partial charge in [-0.25, -0.2) is 9.97 Å². The van der Waals surface area contributed by atoms with Crippen LogP contribution in [0.4, 0.5) is 5.95 Å². The highest BCUT2D eigenvalue weighted by Gasteiger charge is 2.02. The van der Waals surface area contributed by atoms with E-state index < -0.39 is 0 Å². The molecule has 0 saturated heterocycles. The summed E-state index contributed by atoms with van der Waals surface area (Å²) in [4.78, 5) is 11.6. The van der Waals surface area contributed by atoms with Crippen LogP contribution in [-0.4, -0.2) is 25.1 Å². The van der Waals surface area contributed by atoms with Gasteiger partial charge in [-0.05, 0) is 6.07 Å². The van der Waals surface area contributed by atoms with Crippen molar-refractivity contribution in [1.29, 1.82) is 0 Å². The second-order valence-corrected chi connectivity index (χ2v) is 2.14. The Kier molecular flexibility index (Phi) is 1.44. The SMILES string of the molecule is Nc1n[nH]c(-c2ccncn2)n1. The van der Waals surface area contributed by atoms with Crippen molar-refractivity contribution in [1.82, 2.24) is 25.1 Å². The maximum absolute atomic E-state index is 5.32. The van der Waals surface area contributed by atoms with Gasteiger partial charge in [0.05, 0.1) is 0 Å². The van der Waals surface area contributed by atoms with E-state index in [0.717, 1.165) is 0 Å². The molecule has 2 aromatic heterocycles. The molecule has 0 fully saturated rings. The van der Waals surface area contributed by atoms with Crippen LogP contribution in [0.2, 0.25) is 0 Å². The molecule has 2 heterocycles. The quantitative estimate of drug-likeness (QED) is 0.607. The second kappa shape index (κ2) is 2.57. The number of hydrogen-bond acceptors (Lipinski definition) is 5. The number of nitrogens with zero attached hydrogens (tertiary/aromatic N) is 4. The Hall–Kier alpha value is -1.98. The summed E-state index contributed by atoms with van der Waals surface area (Å²) in [6.07, 6.45) is 3.06. The summed E-state index contributed by atoms with van der Waals surface area (Å²) in [6.45, 7) is 0. The Bertz CT molecular complexity index is 367. The lowest BCUT2D eigenvalue weighted by molar-refractivity contribution is 1.08. The molecule has 0 aliphatic carbocycles. The monoisotopic (exact) mass is 162 g/mol. The average Bonchev–Trinajstić information content (AvgIpc) is 2.54. The number of rotatable bonds is 1. The van der Waals surface area contributed by atoms with Crippen LogP contribution < -0.4 is 5.73 Å². The summed E-state index contributed by atoms with van der Waals surface area (Å²) in [5, 5.41) is 6.32. The molecule has 0 atom stereocenters. The highest BCUT2D eigenvalue weighted by atomic mass is 15.3. The van der Waals surface area contributed by atoms with Gasteiger partial charge in [-0.15, -0.1) is 5.10 Å². The first-order chi connectivity index (χ1) is 5.86. The summed E-state index contributed by atoms with van der Waals surface area (Å²) in [5.74, 6) is 0.763. The molecule has 0 aromatic carbocycles. The minimum absolute atomic E-state index is 0.212. The van der Waals surface area contributed by atoms with Gasteiger partial charge in [0, 0.05) is 6.20 Å². The maximum atomic E-state index is 5.32. The molecular formula is C6H6N6. The van der Waals surface area contributed by atoms with Crippen LogP contribution in [0.5, 0.6) is 0 Å². The summed E-state index contributed by atoms with van der Waals surface area (Å²) in [7, 11) is 0. The number of hydrogen-bond donors (Lipinski definition) is 2. The number of aromatic amines is 1. The van der Waals surface area contributed by atoms with Crippen molar-refractivity contribution in [2.75, 3.05) is 5.73 Å². The first kappa shape index (κ1) is 6.71. The van der Waals surface area contributed by atoms with Crippen molar-refractivity contribution in [3.63, 3.8) is 0 Å². The van der Waals surface area contributed by atoms with Crippen molar-refractivity contribution in [3.05, 3.63) is 18.6 Å². The zero-order valence-electron chi connectivity index (χ0n) is 6.10. The Labute approximate surface area is 67.9 Å². The summed E-state index contributed by atoms with van der Waals surface area (Å²) in [5.41, 5.74) is 5.99. The van der Waals surface area contributed by atoms with E-state index in [4.69, 9.17) is 5.73 Å². The fourth-order valence-corrected chi connectivity index (χ4v) is 0.820. The summed E-state index contributed by atoms with van der Waals surface area (Å²) in [6, 6.07) is 1.72. The summed E-state index contributed by atoms with van der Waals surface area (Å²) < 4.78 is 0. The molecule has 0 spiro atoms. The van der Waals surface area contributed by atoms with Gasteiger partial charge in [-0.3, -0.25) is 5.10 Å². The fraction of sp³-hybridized carbons (Fsp3) is 0. The zero-order valence-corrected chi connectivity index (χ0v) is 6.10. The van der Waals surface area contributed by atoms with Crippen LogP contribution in [0.1, 0.15) is 0 Å². The van der Waals surface area contributed by atoms with E-state index in [1.807, 2.05) is 0 Å². The Morgan fingerprint density at radius 1 is 1.42 bits per heavy atom. The lowest BCUT2D eigenvalue weighted by atomic mass is 10.4. The van der Waals surface area contributed by atoms with Gasteiger partial charge in [0.2, 0.25) is 5.95 Å². The van der Waals surface area contributed by atoms with Crippen LogP contribution in [0.25, 0.3) is 11.5 Å². The second-order valence-electron chi connectivity index (χ2n) is 2.14. The number of nitrogens with two attached hydrogens (primary N) is 1. The van der Waals surface area contributed by atoms with Crippen molar-refractivity contribution < 1.29 is 0 Å². The molecule has 0 aliphatic rings. The van der Waals surface area contributed by atoms with Crippen LogP contribution in [0, 0.1) is 0 Å². The Morgan fingerprint density at radius 3 is 2.92 bits per heavy atom. The van der Waals surface area contributed by atoms with Gasteiger partial charge in [-0.2, -0.15) is 4.98 Å². The van der Waals surface area contributed by atoms with E-state index in [1.54, 1.807) is 12.3 Å². The normalized spacial score (nSPS) is 10.0. The van der Waals surface area contributed by atoms with E-state index in [0.29, 0.717) is 11.5 Å². The third kappa shape index (κ3) is 1.09. The lowest BCUT2D eigenvalue weighted by Crippen LogP contribution is -1.87. The molecule has 0 saturated carbocycles. The fourth-order valence-electron chi connectivity index (χ4n) is 0.820. The third-order valence-electron chi connectivity index (χ3n) is 1.33. The number of nitrogen functional groups attached to an aromatic ring is 1. The van der Waals surface area contributed by atoms with E-state index in [9.17, 15) is 0 Å². The minimum Gasteiger partial charge on any atom is -0.366 e. The number of anilines is 1. The minimum atomic E-state index is 0.212. The molecule has 0 amide bonds. The molecular weight excluding hydrogens is 156 g/mol. The lowest BCUT2D eigenvalue weighted by Gasteiger charge is -1.90. The van der Waals surface area contributed by atoms with Crippen LogP contribution >= 0.6 is 0 Å². The van der Waals surface area contributed by atoms with Gasteiger partial charge >= 0.3 is 0 Å². The smallest absolute Gasteiger partial charge is 0.239 e. The van der Waals surface area contributed by atoms with Crippen LogP contribution in [-0.2, 0) is 0 Å². The molecule has 0 aliphatic heterocycles. The molecule has 2 aromatic rings. The van der Waals surface area contributed by atoms with Crippen molar-refractivity contribution in [3.8, 4) is 11.5 Å². The largest absolute Gasteiger partial charge is 0.366 e. The van der Waals surface area contributed by atoms with Crippen LogP contribution in [0.3, 0.4) is 0 Å².